The van der Waals surface area contributed by atoms with E-state index in [1.807, 2.05) is 0 Å². The molecule has 0 N–H and O–H groups in total. The molecule has 0 aliphatic carbocycles. The lowest BCUT2D eigenvalue weighted by atomic mass is 11.8. The van der Waals surface area contributed by atoms with E-state index in [4.69, 9.17) is 0 Å². The van der Waals surface area contributed by atoms with E-state index in [9.17, 15) is 8.78 Å². The van der Waals surface area contributed by atoms with Gasteiger partial charge in [-0.25, -0.2) is 8.78 Å². The van der Waals surface area contributed by atoms with Crippen LogP contribution in [0.15, 0.2) is 0 Å². The van der Waals surface area contributed by atoms with Gasteiger partial charge in [-0.1, -0.05) is 23.2 Å². The van der Waals surface area contributed by atoms with Crippen molar-refractivity contribution in [2.75, 3.05) is 0 Å². The first-order valence-electron chi connectivity index (χ1n) is 0.814. The second kappa shape index (κ2) is 18.0. The van der Waals surface area contributed by atoms with Crippen LogP contribution in [0.5, 0.6) is 0 Å². The summed E-state index contributed by atoms with van der Waals surface area (Å²) >= 11 is 8.29. The minimum Gasteiger partial charge on any atom is -0.225 e. The first-order valence-corrected chi connectivity index (χ1v) is 1.63. The van der Waals surface area contributed by atoms with E-state index in [0.717, 1.165) is 6.13 Å². The van der Waals surface area contributed by atoms with Crippen LogP contribution in [0.4, 0.5) is 8.78 Å². The summed E-state index contributed by atoms with van der Waals surface area (Å²) in [6.07, 6.45) is 0.694. The van der Waals surface area contributed by atoms with Gasteiger partial charge in [0.15, 0.2) is 0 Å². The van der Waals surface area contributed by atoms with Crippen LogP contribution in [0.3, 0.4) is 0 Å². The number of hydrogen-bond donors (Lipinski definition) is 0. The van der Waals surface area contributed by atoms with Crippen LogP contribution in [-0.4, -0.2) is 0 Å². The summed E-state index contributed by atoms with van der Waals surface area (Å²) in [5, 5.41) is 0. The van der Waals surface area contributed by atoms with Crippen molar-refractivity contribution >= 4 is 23.2 Å². The van der Waals surface area contributed by atoms with E-state index in [1.54, 1.807) is 0 Å². The van der Waals surface area contributed by atoms with Gasteiger partial charge in [-0.05, 0) is 0 Å². The summed E-state index contributed by atoms with van der Waals surface area (Å²) in [5.41, 5.74) is 0. The fourth-order valence-electron chi connectivity index (χ4n) is 0. The second-order valence-corrected chi connectivity index (χ2v) is 0.462. The Hall–Kier alpha value is 0.440. The van der Waals surface area contributed by atoms with Crippen molar-refractivity contribution in [2.24, 2.45) is 0 Å². The topological polar surface area (TPSA) is 0 Å². The molecule has 0 aromatic rings. The highest BCUT2D eigenvalue weighted by Gasteiger charge is 1.50. The summed E-state index contributed by atoms with van der Waals surface area (Å²) in [7, 11) is 0. The molecule has 0 saturated carbocycles. The SMILES string of the molecule is F[CH]Cl.F[C]Cl. The smallest absolute Gasteiger partial charge is 0.225 e. The van der Waals surface area contributed by atoms with Crippen molar-refractivity contribution in [2.45, 2.75) is 0 Å². The normalized spacial score (nSPS) is 6.00. The van der Waals surface area contributed by atoms with Gasteiger partial charge in [0.05, 0.1) is 0 Å². The first kappa shape index (κ1) is 9.67. The molecule has 37 valence electrons. The second-order valence-electron chi connectivity index (χ2n) is 0.154. The van der Waals surface area contributed by atoms with Crippen LogP contribution in [0, 0.1) is 12.3 Å². The van der Waals surface area contributed by atoms with Crippen molar-refractivity contribution in [1.29, 1.82) is 0 Å². The molecule has 0 aliphatic heterocycles. The monoisotopic (exact) mass is 133 g/mol. The third kappa shape index (κ3) is 271. The van der Waals surface area contributed by atoms with Crippen LogP contribution in [0.1, 0.15) is 0 Å². The fraction of sp³-hybridized carbons (Fsp3) is 0. The Labute approximate surface area is 45.0 Å². The molecule has 0 amide bonds. The minimum atomic E-state index is -0.0278. The average Bonchev–Trinajstić information content (AvgIpc) is 1.39. The van der Waals surface area contributed by atoms with E-state index in [1.165, 1.54) is 0 Å². The maximum Gasteiger partial charge on any atom is 0.288 e. The standard InChI is InChI=1S/CHClF.CClF/c2*2-1-3/h1H;. The van der Waals surface area contributed by atoms with Crippen molar-refractivity contribution in [3.8, 4) is 0 Å². The van der Waals surface area contributed by atoms with Gasteiger partial charge in [-0.15, -0.1) is 0 Å². The zero-order chi connectivity index (χ0) is 5.41. The number of halogens is 4. The molecule has 6 heavy (non-hydrogen) atoms. The molecule has 0 atom stereocenters. The highest BCUT2D eigenvalue weighted by molar-refractivity contribution is 6.22. The number of rotatable bonds is 0. The Kier molecular flexibility index (Phi) is 29.0. The van der Waals surface area contributed by atoms with Crippen molar-refractivity contribution in [3.05, 3.63) is 12.3 Å². The van der Waals surface area contributed by atoms with Gasteiger partial charge >= 0.3 is 0 Å². The van der Waals surface area contributed by atoms with Crippen LogP contribution < -0.4 is 0 Å². The predicted molar refractivity (Wildman–Crippen MR) is 21.5 cm³/mol. The quantitative estimate of drug-likeness (QED) is 0.477. The van der Waals surface area contributed by atoms with E-state index < -0.39 is 0 Å². The van der Waals surface area contributed by atoms with Crippen LogP contribution in [0.2, 0.25) is 0 Å². The Balaban J connectivity index is 0. The maximum absolute atomic E-state index is 9.93. The molecule has 0 spiro atoms. The lowest BCUT2D eigenvalue weighted by Gasteiger charge is -1.40. The highest BCUT2D eigenvalue weighted by Crippen LogP contribution is 1.76. The molecule has 0 aliphatic rings. The predicted octanol–water partition coefficient (Wildman–Crippen LogP) is 2.50. The Bertz CT molecular complexity index is 11.5. The van der Waals surface area contributed by atoms with Gasteiger partial charge in [0, 0.05) is 0 Å². The lowest BCUT2D eigenvalue weighted by molar-refractivity contribution is 0.685. The van der Waals surface area contributed by atoms with Crippen molar-refractivity contribution < 1.29 is 8.78 Å². The summed E-state index contributed by atoms with van der Waals surface area (Å²) in [6, 6.07) is 0. The fourth-order valence-corrected chi connectivity index (χ4v) is 0. The number of hydrogen-bond acceptors (Lipinski definition) is 0. The minimum absolute atomic E-state index is 0.0278. The first-order chi connectivity index (χ1) is 2.83. The van der Waals surface area contributed by atoms with Crippen molar-refractivity contribution in [3.63, 3.8) is 0 Å². The molecule has 0 rings (SSSR count). The maximum atomic E-state index is 9.93. The zero-order valence-corrected chi connectivity index (χ0v) is 4.10. The largest absolute Gasteiger partial charge is 0.288 e. The van der Waals surface area contributed by atoms with Gasteiger partial charge in [-0.3, -0.25) is 0 Å². The summed E-state index contributed by atoms with van der Waals surface area (Å²) in [5.74, 6) is 0. The van der Waals surface area contributed by atoms with Gasteiger partial charge in [0.2, 0.25) is 6.13 Å². The van der Waals surface area contributed by atoms with Gasteiger partial charge < -0.3 is 0 Å². The molecule has 0 unspecified atom stereocenters. The average molecular weight is 134 g/mol. The Morgan fingerprint density at radius 1 is 1.67 bits per heavy atom. The van der Waals surface area contributed by atoms with E-state index in [-0.39, 0.29) is 6.13 Å². The molecule has 0 aromatic carbocycles. The van der Waals surface area contributed by atoms with Crippen LogP contribution in [-0.2, 0) is 0 Å². The third-order valence-electron chi connectivity index (χ3n) is 0. The van der Waals surface area contributed by atoms with Crippen LogP contribution in [0.25, 0.3) is 0 Å². The van der Waals surface area contributed by atoms with Crippen LogP contribution >= 0.6 is 23.2 Å². The molecule has 0 aromatic heterocycles. The molecule has 3 radical (unpaired) electrons. The van der Waals surface area contributed by atoms with Crippen molar-refractivity contribution in [1.82, 2.24) is 0 Å². The molecule has 4 heteroatoms. The van der Waals surface area contributed by atoms with E-state index in [0.29, 0.717) is 0 Å². The summed E-state index contributed by atoms with van der Waals surface area (Å²) in [4.78, 5) is 0. The Morgan fingerprint density at radius 2 is 1.67 bits per heavy atom. The molecule has 0 saturated heterocycles. The zero-order valence-electron chi connectivity index (χ0n) is 2.59. The summed E-state index contributed by atoms with van der Waals surface area (Å²) < 4.78 is 19.7. The van der Waals surface area contributed by atoms with Gasteiger partial charge in [0.1, 0.15) is 0 Å². The molecule has 0 heterocycles. The van der Waals surface area contributed by atoms with Gasteiger partial charge in [0.25, 0.3) is 6.13 Å². The lowest BCUT2D eigenvalue weighted by Crippen LogP contribution is -1.12. The molecule has 0 nitrogen and oxygen atoms in total. The Morgan fingerprint density at radius 3 is 1.67 bits per heavy atom. The van der Waals surface area contributed by atoms with E-state index in [2.05, 4.69) is 23.2 Å². The molecule has 0 bridgehead atoms. The molecule has 0 fully saturated rings. The van der Waals surface area contributed by atoms with E-state index >= 15 is 0 Å². The molecular formula is C2HCl2F2. The molecular weight excluding hydrogens is 133 g/mol. The third-order valence-corrected chi connectivity index (χ3v) is 0. The van der Waals surface area contributed by atoms with Gasteiger partial charge in [-0.2, -0.15) is 0 Å². The highest BCUT2D eigenvalue weighted by atomic mass is 35.5. The summed E-state index contributed by atoms with van der Waals surface area (Å²) in [6.45, 7) is 0.